The SMILES string of the molecule is CNC(=O)Cn1nc(Cl)nc1Cl. The minimum absolute atomic E-state index is 0.0229. The molecule has 0 aliphatic rings. The minimum atomic E-state index is -0.210. The molecule has 0 aliphatic heterocycles. The van der Waals surface area contributed by atoms with Gasteiger partial charge in [-0.3, -0.25) is 4.79 Å². The molecule has 0 unspecified atom stereocenters. The summed E-state index contributed by atoms with van der Waals surface area (Å²) >= 11 is 11.0. The third-order valence-corrected chi connectivity index (χ3v) is 1.61. The fourth-order valence-corrected chi connectivity index (χ4v) is 1.00. The summed E-state index contributed by atoms with van der Waals surface area (Å²) in [5, 5.41) is 6.23. The number of rotatable bonds is 2. The van der Waals surface area contributed by atoms with Crippen LogP contribution in [0.15, 0.2) is 0 Å². The molecule has 1 rings (SSSR count). The van der Waals surface area contributed by atoms with Crippen LogP contribution in [0, 0.1) is 0 Å². The lowest BCUT2D eigenvalue weighted by atomic mass is 10.6. The Morgan fingerprint density at radius 2 is 2.33 bits per heavy atom. The number of carbonyl (C=O) groups is 1. The normalized spacial score (nSPS) is 9.92. The molecule has 1 amide bonds. The smallest absolute Gasteiger partial charge is 0.243 e. The molecule has 0 spiro atoms. The number of amides is 1. The van der Waals surface area contributed by atoms with Gasteiger partial charge in [0.25, 0.3) is 0 Å². The molecule has 1 heterocycles. The summed E-state index contributed by atoms with van der Waals surface area (Å²) in [5.41, 5.74) is 0. The summed E-state index contributed by atoms with van der Waals surface area (Å²) in [7, 11) is 1.52. The average Bonchev–Trinajstić information content (AvgIpc) is 2.30. The molecule has 7 heteroatoms. The first-order valence-electron chi connectivity index (χ1n) is 3.10. The Balaban J connectivity index is 2.75. The largest absolute Gasteiger partial charge is 0.358 e. The second-order valence-corrected chi connectivity index (χ2v) is 2.66. The molecule has 1 aromatic heterocycles. The van der Waals surface area contributed by atoms with E-state index in [0.717, 1.165) is 0 Å². The minimum Gasteiger partial charge on any atom is -0.358 e. The van der Waals surface area contributed by atoms with Gasteiger partial charge in [0.05, 0.1) is 0 Å². The van der Waals surface area contributed by atoms with E-state index in [-0.39, 0.29) is 23.0 Å². The van der Waals surface area contributed by atoms with Gasteiger partial charge in [-0.05, 0) is 23.2 Å². The molecule has 0 fully saturated rings. The van der Waals surface area contributed by atoms with Crippen LogP contribution in [0.2, 0.25) is 10.6 Å². The van der Waals surface area contributed by atoms with Gasteiger partial charge in [0.1, 0.15) is 6.54 Å². The van der Waals surface area contributed by atoms with Crippen molar-refractivity contribution in [2.45, 2.75) is 6.54 Å². The molecule has 0 bridgehead atoms. The van der Waals surface area contributed by atoms with Crippen molar-refractivity contribution in [2.24, 2.45) is 0 Å². The fourth-order valence-electron chi connectivity index (χ4n) is 0.613. The van der Waals surface area contributed by atoms with Gasteiger partial charge in [0.15, 0.2) is 0 Å². The molecule has 0 radical (unpaired) electrons. The number of nitrogens with one attached hydrogen (secondary N) is 1. The number of halogens is 2. The number of hydrogen-bond donors (Lipinski definition) is 1. The third kappa shape index (κ3) is 2.09. The Bertz CT molecular complexity index is 298. The zero-order valence-corrected chi connectivity index (χ0v) is 7.72. The van der Waals surface area contributed by atoms with Crippen molar-refractivity contribution in [3.05, 3.63) is 10.6 Å². The maximum atomic E-state index is 10.8. The Morgan fingerprint density at radius 3 is 2.75 bits per heavy atom. The first kappa shape index (κ1) is 9.28. The van der Waals surface area contributed by atoms with Gasteiger partial charge in [0.2, 0.25) is 16.5 Å². The van der Waals surface area contributed by atoms with Crippen molar-refractivity contribution in [3.63, 3.8) is 0 Å². The molecule has 1 aromatic rings. The van der Waals surface area contributed by atoms with Crippen molar-refractivity contribution in [2.75, 3.05) is 7.05 Å². The zero-order valence-electron chi connectivity index (χ0n) is 6.21. The van der Waals surface area contributed by atoms with Crippen LogP contribution in [-0.2, 0) is 11.3 Å². The molecule has 66 valence electrons. The van der Waals surface area contributed by atoms with Crippen LogP contribution in [0.5, 0.6) is 0 Å². The molecular weight excluding hydrogens is 203 g/mol. The summed E-state index contributed by atoms with van der Waals surface area (Å²) in [6, 6.07) is 0. The van der Waals surface area contributed by atoms with E-state index in [4.69, 9.17) is 23.2 Å². The summed E-state index contributed by atoms with van der Waals surface area (Å²) < 4.78 is 1.21. The van der Waals surface area contributed by atoms with E-state index in [0.29, 0.717) is 0 Å². The van der Waals surface area contributed by atoms with E-state index in [1.165, 1.54) is 11.7 Å². The fraction of sp³-hybridized carbons (Fsp3) is 0.400. The predicted octanol–water partition coefficient (Wildman–Crippen LogP) is 0.331. The molecule has 0 aromatic carbocycles. The van der Waals surface area contributed by atoms with Crippen LogP contribution in [0.1, 0.15) is 0 Å². The van der Waals surface area contributed by atoms with Gasteiger partial charge < -0.3 is 5.32 Å². The van der Waals surface area contributed by atoms with Gasteiger partial charge in [-0.1, -0.05) is 0 Å². The highest BCUT2D eigenvalue weighted by Crippen LogP contribution is 2.08. The topological polar surface area (TPSA) is 59.8 Å². The molecular formula is C5H6Cl2N4O. The monoisotopic (exact) mass is 208 g/mol. The quantitative estimate of drug-likeness (QED) is 0.763. The number of carbonyl (C=O) groups excluding carboxylic acids is 1. The van der Waals surface area contributed by atoms with Crippen molar-refractivity contribution < 1.29 is 4.79 Å². The lowest BCUT2D eigenvalue weighted by Gasteiger charge is -1.98. The highest BCUT2D eigenvalue weighted by molar-refractivity contribution is 6.31. The summed E-state index contributed by atoms with van der Waals surface area (Å²) in [6.07, 6.45) is 0. The van der Waals surface area contributed by atoms with Crippen LogP contribution in [0.4, 0.5) is 0 Å². The van der Waals surface area contributed by atoms with E-state index in [1.54, 1.807) is 0 Å². The maximum absolute atomic E-state index is 10.8. The Kier molecular flexibility index (Phi) is 2.88. The van der Waals surface area contributed by atoms with Gasteiger partial charge in [0, 0.05) is 7.05 Å². The van der Waals surface area contributed by atoms with E-state index in [1.807, 2.05) is 0 Å². The average molecular weight is 209 g/mol. The Hall–Kier alpha value is -0.810. The molecule has 0 saturated heterocycles. The van der Waals surface area contributed by atoms with Gasteiger partial charge in [-0.2, -0.15) is 4.98 Å². The Morgan fingerprint density at radius 1 is 1.67 bits per heavy atom. The van der Waals surface area contributed by atoms with Crippen LogP contribution < -0.4 is 5.32 Å². The van der Waals surface area contributed by atoms with Gasteiger partial charge in [-0.15, -0.1) is 5.10 Å². The maximum Gasteiger partial charge on any atom is 0.243 e. The first-order valence-corrected chi connectivity index (χ1v) is 3.85. The van der Waals surface area contributed by atoms with E-state index in [2.05, 4.69) is 15.4 Å². The second-order valence-electron chi connectivity index (χ2n) is 1.98. The zero-order chi connectivity index (χ0) is 9.14. The highest BCUT2D eigenvalue weighted by Gasteiger charge is 2.08. The van der Waals surface area contributed by atoms with E-state index >= 15 is 0 Å². The van der Waals surface area contributed by atoms with Crippen LogP contribution in [0.3, 0.4) is 0 Å². The molecule has 5 nitrogen and oxygen atoms in total. The lowest BCUT2D eigenvalue weighted by Crippen LogP contribution is -2.24. The van der Waals surface area contributed by atoms with E-state index < -0.39 is 0 Å². The van der Waals surface area contributed by atoms with Crippen LogP contribution >= 0.6 is 23.2 Å². The summed E-state index contributed by atoms with van der Waals surface area (Å²) in [5.74, 6) is -0.210. The van der Waals surface area contributed by atoms with Crippen molar-refractivity contribution in [1.82, 2.24) is 20.1 Å². The standard InChI is InChI=1S/C5H6Cl2N4O/c1-8-3(12)2-11-5(7)9-4(6)10-11/h2H2,1H3,(H,8,12). The van der Waals surface area contributed by atoms with Gasteiger partial charge >= 0.3 is 0 Å². The Labute approximate surface area is 78.7 Å². The molecule has 0 atom stereocenters. The van der Waals surface area contributed by atoms with Crippen molar-refractivity contribution in [1.29, 1.82) is 0 Å². The summed E-state index contributed by atoms with van der Waals surface area (Å²) in [4.78, 5) is 14.4. The number of hydrogen-bond acceptors (Lipinski definition) is 3. The van der Waals surface area contributed by atoms with Crippen LogP contribution in [0.25, 0.3) is 0 Å². The second kappa shape index (κ2) is 3.73. The number of likely N-dealkylation sites (N-methyl/N-ethyl adjacent to an activating group) is 1. The van der Waals surface area contributed by atoms with Crippen LogP contribution in [-0.4, -0.2) is 27.7 Å². The molecule has 1 N–H and O–H groups in total. The lowest BCUT2D eigenvalue weighted by molar-refractivity contribution is -0.121. The molecule has 0 aliphatic carbocycles. The van der Waals surface area contributed by atoms with Gasteiger partial charge in [-0.25, -0.2) is 4.68 Å². The van der Waals surface area contributed by atoms with E-state index in [9.17, 15) is 4.79 Å². The number of nitrogens with zero attached hydrogens (tertiary/aromatic N) is 3. The predicted molar refractivity (Wildman–Crippen MR) is 44.1 cm³/mol. The third-order valence-electron chi connectivity index (χ3n) is 1.17. The first-order chi connectivity index (χ1) is 5.63. The highest BCUT2D eigenvalue weighted by atomic mass is 35.5. The summed E-state index contributed by atoms with van der Waals surface area (Å²) in [6.45, 7) is 0.0229. The molecule has 0 saturated carbocycles. The van der Waals surface area contributed by atoms with Crippen molar-refractivity contribution >= 4 is 29.1 Å². The number of aromatic nitrogens is 3. The van der Waals surface area contributed by atoms with Crippen molar-refractivity contribution in [3.8, 4) is 0 Å². The molecule has 12 heavy (non-hydrogen) atoms.